The van der Waals surface area contributed by atoms with E-state index in [1.165, 1.54) is 126 Å². The highest BCUT2D eigenvalue weighted by Gasteiger charge is 2.59. The lowest BCUT2D eigenvalue weighted by molar-refractivity contribution is 0.0495. The molecule has 12 rings (SSSR count). The van der Waals surface area contributed by atoms with Gasteiger partial charge in [-0.25, -0.2) is 0 Å². The van der Waals surface area contributed by atoms with Gasteiger partial charge in [-0.05, 0) is 153 Å². The molecular formula is C55H53N. The van der Waals surface area contributed by atoms with Crippen LogP contribution in [0.1, 0.15) is 118 Å². The van der Waals surface area contributed by atoms with Crippen LogP contribution in [0, 0.1) is 17.8 Å². The van der Waals surface area contributed by atoms with Crippen molar-refractivity contribution >= 4 is 17.1 Å². The van der Waals surface area contributed by atoms with Crippen molar-refractivity contribution < 1.29 is 0 Å². The maximum Gasteiger partial charge on any atom is 0.0509 e. The first-order valence-electron chi connectivity index (χ1n) is 22.0. The van der Waals surface area contributed by atoms with Crippen LogP contribution in [0.4, 0.5) is 17.1 Å². The highest BCUT2D eigenvalue weighted by Crippen LogP contribution is 2.68. The Bertz CT molecular complexity index is 2570. The average Bonchev–Trinajstić information content (AvgIpc) is 3.96. The Labute approximate surface area is 333 Å². The molecule has 2 atom stereocenters. The Morgan fingerprint density at radius 2 is 1.05 bits per heavy atom. The van der Waals surface area contributed by atoms with Gasteiger partial charge in [0.15, 0.2) is 0 Å². The molecule has 6 aliphatic carbocycles. The molecule has 56 heavy (non-hydrogen) atoms. The van der Waals surface area contributed by atoms with Gasteiger partial charge >= 0.3 is 0 Å². The van der Waals surface area contributed by atoms with E-state index in [-0.39, 0.29) is 16.2 Å². The van der Waals surface area contributed by atoms with Gasteiger partial charge < -0.3 is 4.90 Å². The lowest BCUT2D eigenvalue weighted by Gasteiger charge is -2.55. The van der Waals surface area contributed by atoms with Gasteiger partial charge in [-0.15, -0.1) is 0 Å². The first kappa shape index (κ1) is 33.3. The van der Waals surface area contributed by atoms with Crippen LogP contribution >= 0.6 is 0 Å². The Balaban J connectivity index is 1.13. The molecule has 6 aliphatic rings. The molecule has 0 radical (unpaired) electrons. The summed E-state index contributed by atoms with van der Waals surface area (Å²) in [5.74, 6) is 2.15. The fourth-order valence-electron chi connectivity index (χ4n) is 14.0. The standard InChI is InChI=1S/C55H53N/c1-4-35-31-36-15-13-16-37(32-35)55(36)48-23-10-7-19-42(48)45-20-14-24-51(52(45)55)56(38-25-27-43-40-17-5-8-21-46(40)53(2,3)49(43)33-38)39-26-28-44-41-18-6-9-22-47(41)54(50(44)34-39)29-11-12-30-54/h5-10,14,17-28,33-37H,4,11-13,15-16,29-32H2,1-3H3. The predicted octanol–water partition coefficient (Wildman–Crippen LogP) is 14.8. The molecule has 2 spiro atoms. The molecule has 0 saturated heterocycles. The largest absolute Gasteiger partial charge is 0.310 e. The topological polar surface area (TPSA) is 3.24 Å². The molecule has 3 fully saturated rings. The number of anilines is 3. The molecular weight excluding hydrogens is 675 g/mol. The van der Waals surface area contributed by atoms with Crippen molar-refractivity contribution in [2.24, 2.45) is 17.8 Å². The summed E-state index contributed by atoms with van der Waals surface area (Å²) in [6, 6.07) is 50.5. The molecule has 0 aliphatic heterocycles. The first-order chi connectivity index (χ1) is 27.4. The Morgan fingerprint density at radius 1 is 0.518 bits per heavy atom. The lowest BCUT2D eigenvalue weighted by Crippen LogP contribution is -2.50. The fraction of sp³-hybridized carbons (Fsp3) is 0.345. The second kappa shape index (κ2) is 11.8. The maximum atomic E-state index is 2.74. The number of benzene rings is 6. The van der Waals surface area contributed by atoms with Crippen LogP contribution in [-0.2, 0) is 16.2 Å². The number of hydrogen-bond acceptors (Lipinski definition) is 1. The van der Waals surface area contributed by atoms with E-state index in [1.54, 1.807) is 22.3 Å². The molecule has 278 valence electrons. The minimum absolute atomic E-state index is 0.0383. The van der Waals surface area contributed by atoms with E-state index in [9.17, 15) is 0 Å². The normalized spacial score (nSPS) is 25.0. The summed E-state index contributed by atoms with van der Waals surface area (Å²) < 4.78 is 0. The van der Waals surface area contributed by atoms with E-state index in [2.05, 4.69) is 153 Å². The van der Waals surface area contributed by atoms with Gasteiger partial charge in [-0.3, -0.25) is 0 Å². The van der Waals surface area contributed by atoms with Crippen molar-refractivity contribution in [2.45, 2.75) is 101 Å². The summed E-state index contributed by atoms with van der Waals surface area (Å²) in [6.45, 7) is 7.31. The summed E-state index contributed by atoms with van der Waals surface area (Å²) in [4.78, 5) is 2.74. The third-order valence-electron chi connectivity index (χ3n) is 16.4. The Kier molecular flexibility index (Phi) is 7.03. The van der Waals surface area contributed by atoms with Crippen molar-refractivity contribution in [3.63, 3.8) is 0 Å². The Hall–Kier alpha value is -4.88. The molecule has 0 heterocycles. The van der Waals surface area contributed by atoms with Gasteiger partial charge in [0.05, 0.1) is 5.69 Å². The van der Waals surface area contributed by atoms with Crippen LogP contribution in [0.15, 0.2) is 127 Å². The summed E-state index contributed by atoms with van der Waals surface area (Å²) >= 11 is 0. The van der Waals surface area contributed by atoms with Crippen LogP contribution in [0.3, 0.4) is 0 Å². The van der Waals surface area contributed by atoms with Crippen molar-refractivity contribution in [3.05, 3.63) is 161 Å². The van der Waals surface area contributed by atoms with Crippen LogP contribution < -0.4 is 4.90 Å². The lowest BCUT2D eigenvalue weighted by atomic mass is 9.48. The van der Waals surface area contributed by atoms with E-state index in [0.29, 0.717) is 11.8 Å². The predicted molar refractivity (Wildman–Crippen MR) is 233 cm³/mol. The second-order valence-electron chi connectivity index (χ2n) is 19.0. The summed E-state index contributed by atoms with van der Waals surface area (Å²) in [5, 5.41) is 0. The summed E-state index contributed by atoms with van der Waals surface area (Å²) in [6.07, 6.45) is 13.1. The van der Waals surface area contributed by atoms with Crippen LogP contribution in [0.25, 0.3) is 33.4 Å². The highest BCUT2D eigenvalue weighted by atomic mass is 15.1. The average molecular weight is 728 g/mol. The number of nitrogens with zero attached hydrogens (tertiary/aromatic N) is 1. The molecule has 2 unspecified atom stereocenters. The summed E-state index contributed by atoms with van der Waals surface area (Å²) in [7, 11) is 0. The Morgan fingerprint density at radius 3 is 1.73 bits per heavy atom. The van der Waals surface area contributed by atoms with Crippen molar-refractivity contribution in [1.82, 2.24) is 0 Å². The number of hydrogen-bond donors (Lipinski definition) is 0. The van der Waals surface area contributed by atoms with E-state index in [1.807, 2.05) is 0 Å². The second-order valence-corrected chi connectivity index (χ2v) is 19.0. The molecule has 6 aromatic rings. The van der Waals surface area contributed by atoms with E-state index < -0.39 is 0 Å². The smallest absolute Gasteiger partial charge is 0.0509 e. The molecule has 2 bridgehead atoms. The van der Waals surface area contributed by atoms with Crippen LogP contribution in [0.5, 0.6) is 0 Å². The molecule has 3 saturated carbocycles. The summed E-state index contributed by atoms with van der Waals surface area (Å²) in [5.41, 5.74) is 21.9. The molecule has 1 nitrogen and oxygen atoms in total. The highest BCUT2D eigenvalue weighted by molar-refractivity contribution is 5.94. The fourth-order valence-corrected chi connectivity index (χ4v) is 14.0. The third kappa shape index (κ3) is 4.17. The van der Waals surface area contributed by atoms with Crippen molar-refractivity contribution in [2.75, 3.05) is 4.90 Å². The quantitative estimate of drug-likeness (QED) is 0.175. The molecule has 0 aromatic heterocycles. The minimum atomic E-state index is -0.0766. The van der Waals surface area contributed by atoms with Gasteiger partial charge in [-0.1, -0.05) is 144 Å². The van der Waals surface area contributed by atoms with Crippen molar-refractivity contribution in [1.29, 1.82) is 0 Å². The van der Waals surface area contributed by atoms with E-state index in [0.717, 1.165) is 5.92 Å². The van der Waals surface area contributed by atoms with Crippen LogP contribution in [0.2, 0.25) is 0 Å². The molecule has 1 heteroatoms. The van der Waals surface area contributed by atoms with Gasteiger partial charge in [0.25, 0.3) is 0 Å². The van der Waals surface area contributed by atoms with Crippen molar-refractivity contribution in [3.8, 4) is 33.4 Å². The maximum absolute atomic E-state index is 2.74. The first-order valence-corrected chi connectivity index (χ1v) is 22.0. The SMILES string of the molecule is CCC1CC2CCCC(C1)C21c2ccccc2-c2cccc(N(c3ccc4c(c3)C(C)(C)c3ccccc3-4)c3ccc4c(c3)C3(CCCC3)c3ccccc3-4)c21. The third-order valence-corrected chi connectivity index (χ3v) is 16.4. The van der Waals surface area contributed by atoms with E-state index >= 15 is 0 Å². The number of fused-ring (bicyclic) bond motifs is 11. The zero-order valence-electron chi connectivity index (χ0n) is 33.4. The molecule has 0 N–H and O–H groups in total. The van der Waals surface area contributed by atoms with Gasteiger partial charge in [0.1, 0.15) is 0 Å². The number of rotatable bonds is 4. The van der Waals surface area contributed by atoms with E-state index in [4.69, 9.17) is 0 Å². The zero-order chi connectivity index (χ0) is 37.4. The van der Waals surface area contributed by atoms with Gasteiger partial charge in [0, 0.05) is 27.6 Å². The van der Waals surface area contributed by atoms with Crippen LogP contribution in [-0.4, -0.2) is 0 Å². The molecule has 6 aromatic carbocycles. The molecule has 0 amide bonds. The van der Waals surface area contributed by atoms with Gasteiger partial charge in [-0.2, -0.15) is 0 Å². The van der Waals surface area contributed by atoms with Gasteiger partial charge in [0.2, 0.25) is 0 Å². The monoisotopic (exact) mass is 727 g/mol. The zero-order valence-corrected chi connectivity index (χ0v) is 33.4. The minimum Gasteiger partial charge on any atom is -0.310 e.